The van der Waals surface area contributed by atoms with Gasteiger partial charge < -0.3 is 19.1 Å². The molecule has 2 atom stereocenters. The Morgan fingerprint density at radius 2 is 1.71 bits per heavy atom. The van der Waals surface area contributed by atoms with Crippen molar-refractivity contribution in [3.63, 3.8) is 0 Å². The molecule has 0 radical (unpaired) electrons. The van der Waals surface area contributed by atoms with Crippen molar-refractivity contribution in [2.75, 3.05) is 20.8 Å². The predicted molar refractivity (Wildman–Crippen MR) is 129 cm³/mol. The fourth-order valence-corrected chi connectivity index (χ4v) is 4.74. The van der Waals surface area contributed by atoms with Gasteiger partial charge in [-0.05, 0) is 41.8 Å². The molecule has 1 aliphatic rings. The van der Waals surface area contributed by atoms with Crippen LogP contribution in [0.3, 0.4) is 0 Å². The van der Waals surface area contributed by atoms with Crippen molar-refractivity contribution >= 4 is 23.5 Å². The van der Waals surface area contributed by atoms with Crippen molar-refractivity contribution in [2.24, 2.45) is 0 Å². The maximum Gasteiger partial charge on any atom is 0.303 e. The molecule has 0 aliphatic carbocycles. The first-order valence-electron chi connectivity index (χ1n) is 11.1. The zero-order valence-electron chi connectivity index (χ0n) is 19.6. The number of methoxy groups -OCH3 is 2. The number of esters is 1. The number of carbonyl (C=O) groups excluding carboxylic acids is 2. The summed E-state index contributed by atoms with van der Waals surface area (Å²) in [5.74, 6) is -0.650. The maximum atomic E-state index is 15.3. The largest absolute Gasteiger partial charge is 0.493 e. The molecule has 8 heteroatoms. The number of nitrogens with zero attached hydrogens (tertiary/aromatic N) is 1. The Morgan fingerprint density at radius 1 is 1.03 bits per heavy atom. The molecular formula is C27H25ClFNO5. The van der Waals surface area contributed by atoms with Gasteiger partial charge in [0.15, 0.2) is 11.5 Å². The molecule has 0 fully saturated rings. The third-order valence-electron chi connectivity index (χ3n) is 6.04. The molecule has 1 amide bonds. The number of ether oxygens (including phenoxy) is 3. The maximum absolute atomic E-state index is 15.3. The summed E-state index contributed by atoms with van der Waals surface area (Å²) < 4.78 is 31.7. The summed E-state index contributed by atoms with van der Waals surface area (Å²) in [5.41, 5.74) is 2.21. The molecule has 0 saturated carbocycles. The predicted octanol–water partition coefficient (Wildman–Crippen LogP) is 5.27. The van der Waals surface area contributed by atoms with Crippen LogP contribution >= 0.6 is 11.6 Å². The van der Waals surface area contributed by atoms with Crippen LogP contribution in [0.5, 0.6) is 11.5 Å². The summed E-state index contributed by atoms with van der Waals surface area (Å²) in [5, 5.41) is 0.180. The molecular weight excluding hydrogens is 473 g/mol. The van der Waals surface area contributed by atoms with Gasteiger partial charge in [0.25, 0.3) is 5.91 Å². The molecule has 0 unspecified atom stereocenters. The van der Waals surface area contributed by atoms with Gasteiger partial charge in [-0.25, -0.2) is 4.39 Å². The third-order valence-corrected chi connectivity index (χ3v) is 6.37. The second-order valence-corrected chi connectivity index (χ2v) is 8.53. The highest BCUT2D eigenvalue weighted by atomic mass is 35.5. The number of halogens is 2. The number of amides is 1. The van der Waals surface area contributed by atoms with E-state index in [0.717, 1.165) is 5.56 Å². The Balaban J connectivity index is 1.89. The summed E-state index contributed by atoms with van der Waals surface area (Å²) in [6.45, 7) is 1.50. The molecule has 3 aromatic rings. The van der Waals surface area contributed by atoms with E-state index in [2.05, 4.69) is 0 Å². The van der Waals surface area contributed by atoms with E-state index in [9.17, 15) is 9.59 Å². The van der Waals surface area contributed by atoms with Crippen LogP contribution in [-0.4, -0.2) is 37.5 Å². The highest BCUT2D eigenvalue weighted by Gasteiger charge is 2.40. The molecule has 4 rings (SSSR count). The van der Waals surface area contributed by atoms with E-state index in [-0.39, 0.29) is 17.1 Å². The van der Waals surface area contributed by atoms with Gasteiger partial charge in [-0.15, -0.1) is 0 Å². The van der Waals surface area contributed by atoms with Crippen molar-refractivity contribution in [1.82, 2.24) is 4.90 Å². The van der Waals surface area contributed by atoms with Crippen molar-refractivity contribution in [2.45, 2.75) is 25.5 Å². The zero-order chi connectivity index (χ0) is 25.1. The van der Waals surface area contributed by atoms with Gasteiger partial charge in [-0.1, -0.05) is 48.0 Å². The quantitative estimate of drug-likeness (QED) is 0.434. The minimum atomic E-state index is -1.19. The Hall–Kier alpha value is -3.58. The van der Waals surface area contributed by atoms with Gasteiger partial charge in [0.2, 0.25) is 6.10 Å². The van der Waals surface area contributed by atoms with Crippen LogP contribution in [0.2, 0.25) is 5.02 Å². The lowest BCUT2D eigenvalue weighted by atomic mass is 9.86. The standard InChI is InChI=1S/C27H25ClFNO5/c1-16(31)35-26(17-8-5-4-6-9-17)27(32)30-13-12-18-14-22(33-2)23(34-3)15-19(18)25(30)24-20(28)10-7-11-21(24)29/h4-11,14-15,25-26H,12-13H2,1-3H3/t25-,26-/m1/s1. The van der Waals surface area contributed by atoms with E-state index >= 15 is 4.39 Å². The van der Waals surface area contributed by atoms with Crippen molar-refractivity contribution < 1.29 is 28.2 Å². The Morgan fingerprint density at radius 3 is 2.34 bits per heavy atom. The minimum Gasteiger partial charge on any atom is -0.493 e. The Kier molecular flexibility index (Phi) is 7.26. The average molecular weight is 498 g/mol. The highest BCUT2D eigenvalue weighted by molar-refractivity contribution is 6.31. The van der Waals surface area contributed by atoms with E-state index in [1.165, 1.54) is 38.2 Å². The Bertz CT molecular complexity index is 1230. The first-order chi connectivity index (χ1) is 16.8. The van der Waals surface area contributed by atoms with Crippen LogP contribution in [0.15, 0.2) is 60.7 Å². The van der Waals surface area contributed by atoms with Crippen LogP contribution in [-0.2, 0) is 20.7 Å². The second-order valence-electron chi connectivity index (χ2n) is 8.13. The number of rotatable bonds is 6. The summed E-state index contributed by atoms with van der Waals surface area (Å²) in [4.78, 5) is 27.4. The molecule has 1 aliphatic heterocycles. The van der Waals surface area contributed by atoms with E-state index in [0.29, 0.717) is 29.0 Å². The van der Waals surface area contributed by atoms with Gasteiger partial charge in [0.05, 0.1) is 20.3 Å². The molecule has 0 saturated heterocycles. The van der Waals surface area contributed by atoms with Gasteiger partial charge in [0.1, 0.15) is 5.82 Å². The van der Waals surface area contributed by atoms with Crippen LogP contribution in [0.4, 0.5) is 4.39 Å². The van der Waals surface area contributed by atoms with E-state index in [4.69, 9.17) is 25.8 Å². The number of hydrogen-bond acceptors (Lipinski definition) is 5. The molecule has 6 nitrogen and oxygen atoms in total. The van der Waals surface area contributed by atoms with Crippen LogP contribution in [0.25, 0.3) is 0 Å². The molecule has 3 aromatic carbocycles. The first-order valence-corrected chi connectivity index (χ1v) is 11.4. The Labute approximate surface area is 208 Å². The number of benzene rings is 3. The van der Waals surface area contributed by atoms with Gasteiger partial charge in [-0.3, -0.25) is 9.59 Å². The summed E-state index contributed by atoms with van der Waals surface area (Å²) >= 11 is 6.49. The van der Waals surface area contributed by atoms with E-state index in [1.54, 1.807) is 42.5 Å². The van der Waals surface area contributed by atoms with Crippen LogP contribution < -0.4 is 9.47 Å². The normalized spacial score (nSPS) is 15.7. The van der Waals surface area contributed by atoms with Gasteiger partial charge in [-0.2, -0.15) is 0 Å². The van der Waals surface area contributed by atoms with Gasteiger partial charge >= 0.3 is 5.97 Å². The smallest absolute Gasteiger partial charge is 0.303 e. The fourth-order valence-electron chi connectivity index (χ4n) is 4.47. The lowest BCUT2D eigenvalue weighted by molar-refractivity contribution is -0.160. The van der Waals surface area contributed by atoms with Crippen molar-refractivity contribution in [3.8, 4) is 11.5 Å². The lowest BCUT2D eigenvalue weighted by Crippen LogP contribution is -2.44. The van der Waals surface area contributed by atoms with Crippen molar-refractivity contribution in [3.05, 3.63) is 93.8 Å². The molecule has 0 N–H and O–H groups in total. The topological polar surface area (TPSA) is 65.1 Å². The second kappa shape index (κ2) is 10.4. The summed E-state index contributed by atoms with van der Waals surface area (Å²) in [6, 6.07) is 15.8. The molecule has 0 bridgehead atoms. The molecule has 0 aromatic heterocycles. The number of fused-ring (bicyclic) bond motifs is 1. The molecule has 35 heavy (non-hydrogen) atoms. The molecule has 1 heterocycles. The highest BCUT2D eigenvalue weighted by Crippen LogP contribution is 2.44. The minimum absolute atomic E-state index is 0.158. The van der Waals surface area contributed by atoms with Crippen molar-refractivity contribution in [1.29, 1.82) is 0 Å². The van der Waals surface area contributed by atoms with Crippen LogP contribution in [0.1, 0.15) is 41.3 Å². The summed E-state index contributed by atoms with van der Waals surface area (Å²) in [7, 11) is 3.05. The average Bonchev–Trinajstić information content (AvgIpc) is 2.86. The summed E-state index contributed by atoms with van der Waals surface area (Å²) in [6.07, 6.45) is -0.713. The lowest BCUT2D eigenvalue weighted by Gasteiger charge is -2.40. The number of hydrogen-bond donors (Lipinski definition) is 0. The SMILES string of the molecule is COc1cc2c(cc1OC)[C@H](c1c(F)cccc1Cl)N(C(=O)[C@H](OC(C)=O)c1ccccc1)CC2. The molecule has 0 spiro atoms. The fraction of sp³-hybridized carbons (Fsp3) is 0.259. The monoisotopic (exact) mass is 497 g/mol. The third kappa shape index (κ3) is 4.82. The van der Waals surface area contributed by atoms with Gasteiger partial charge in [0, 0.05) is 29.6 Å². The first kappa shape index (κ1) is 24.5. The van der Waals surface area contributed by atoms with Crippen LogP contribution in [0, 0.1) is 5.82 Å². The number of carbonyl (C=O) groups is 2. The van der Waals surface area contributed by atoms with E-state index in [1.807, 2.05) is 6.07 Å². The van der Waals surface area contributed by atoms with E-state index < -0.39 is 29.8 Å². The molecule has 182 valence electrons. The zero-order valence-corrected chi connectivity index (χ0v) is 20.3.